The van der Waals surface area contributed by atoms with E-state index in [-0.39, 0.29) is 0 Å². The summed E-state index contributed by atoms with van der Waals surface area (Å²) < 4.78 is 5.42. The Bertz CT molecular complexity index is 330. The van der Waals surface area contributed by atoms with E-state index in [1.165, 1.54) is 0 Å². The maximum Gasteiger partial charge on any atom is 0.334 e. The number of carbonyl (C=O) groups is 1. The molecule has 0 fully saturated rings. The van der Waals surface area contributed by atoms with Crippen LogP contribution in [-0.2, 0) is 9.53 Å². The monoisotopic (exact) mass is 250 g/mol. The van der Waals surface area contributed by atoms with E-state index in [1.54, 1.807) is 25.2 Å². The number of aliphatic hydroxyl groups is 1. The molecule has 100 valence electrons. The standard InChI is InChI=1S/C15H22O3/c1-6-9-12(4)14(17)18-15(10-7-2,11-8-3)13(5)16/h6-8,13,16H,1-4,9-11H2,5H3. The lowest BCUT2D eigenvalue weighted by Crippen LogP contribution is -2.44. The number of hydrogen-bond acceptors (Lipinski definition) is 3. The van der Waals surface area contributed by atoms with Gasteiger partial charge in [0.15, 0.2) is 0 Å². The van der Waals surface area contributed by atoms with E-state index in [0.717, 1.165) is 0 Å². The molecule has 0 aromatic carbocycles. The number of hydrogen-bond donors (Lipinski definition) is 1. The summed E-state index contributed by atoms with van der Waals surface area (Å²) in [7, 11) is 0. The zero-order valence-corrected chi connectivity index (χ0v) is 11.0. The van der Waals surface area contributed by atoms with E-state index in [0.29, 0.717) is 24.8 Å². The first kappa shape index (κ1) is 16.4. The Hall–Kier alpha value is -1.61. The van der Waals surface area contributed by atoms with E-state index < -0.39 is 17.7 Å². The smallest absolute Gasteiger partial charge is 0.334 e. The lowest BCUT2D eigenvalue weighted by Gasteiger charge is -2.34. The van der Waals surface area contributed by atoms with E-state index in [4.69, 9.17) is 4.74 Å². The molecule has 0 aliphatic rings. The largest absolute Gasteiger partial charge is 0.452 e. The van der Waals surface area contributed by atoms with Gasteiger partial charge in [0.25, 0.3) is 0 Å². The Kier molecular flexibility index (Phi) is 6.98. The van der Waals surface area contributed by atoms with E-state index in [1.807, 2.05) is 0 Å². The fourth-order valence-corrected chi connectivity index (χ4v) is 1.60. The molecule has 1 atom stereocenters. The molecule has 0 heterocycles. The van der Waals surface area contributed by atoms with Gasteiger partial charge in [-0.2, -0.15) is 0 Å². The predicted molar refractivity (Wildman–Crippen MR) is 74.1 cm³/mol. The van der Waals surface area contributed by atoms with E-state index in [9.17, 15) is 9.90 Å². The zero-order chi connectivity index (χ0) is 14.2. The van der Waals surface area contributed by atoms with Gasteiger partial charge in [-0.25, -0.2) is 4.79 Å². The van der Waals surface area contributed by atoms with Crippen LogP contribution in [0.2, 0.25) is 0 Å². The molecular weight excluding hydrogens is 228 g/mol. The van der Waals surface area contributed by atoms with Crippen molar-refractivity contribution in [1.82, 2.24) is 0 Å². The fraction of sp³-hybridized carbons (Fsp3) is 0.400. The molecule has 3 heteroatoms. The Labute approximate surface area is 109 Å². The minimum atomic E-state index is -1.02. The van der Waals surface area contributed by atoms with E-state index in [2.05, 4.69) is 26.3 Å². The second-order valence-electron chi connectivity index (χ2n) is 4.21. The van der Waals surface area contributed by atoms with Gasteiger partial charge >= 0.3 is 5.97 Å². The van der Waals surface area contributed by atoms with E-state index >= 15 is 0 Å². The first-order valence-electron chi connectivity index (χ1n) is 5.85. The third kappa shape index (κ3) is 4.34. The number of ether oxygens (including phenoxy) is 1. The molecular formula is C15H22O3. The summed E-state index contributed by atoms with van der Waals surface area (Å²) in [5, 5.41) is 9.86. The third-order valence-electron chi connectivity index (χ3n) is 2.72. The van der Waals surface area contributed by atoms with Crippen LogP contribution in [-0.4, -0.2) is 22.8 Å². The average Bonchev–Trinajstić information content (AvgIpc) is 2.29. The van der Waals surface area contributed by atoms with Gasteiger partial charge < -0.3 is 9.84 Å². The highest BCUT2D eigenvalue weighted by molar-refractivity contribution is 5.88. The van der Waals surface area contributed by atoms with Crippen molar-refractivity contribution in [1.29, 1.82) is 0 Å². The first-order valence-corrected chi connectivity index (χ1v) is 5.85. The van der Waals surface area contributed by atoms with Crippen LogP contribution in [0, 0.1) is 0 Å². The summed E-state index contributed by atoms with van der Waals surface area (Å²) in [6.45, 7) is 16.0. The first-order chi connectivity index (χ1) is 8.43. The molecule has 18 heavy (non-hydrogen) atoms. The molecule has 0 aliphatic carbocycles. The summed E-state index contributed by atoms with van der Waals surface area (Å²) in [6, 6.07) is 0. The van der Waals surface area contributed by atoms with Crippen LogP contribution in [0.3, 0.4) is 0 Å². The molecule has 0 aliphatic heterocycles. The summed E-state index contributed by atoms with van der Waals surface area (Å²) in [5.74, 6) is -0.528. The normalized spacial score (nSPS) is 12.3. The van der Waals surface area contributed by atoms with Crippen molar-refractivity contribution in [3.63, 3.8) is 0 Å². The zero-order valence-electron chi connectivity index (χ0n) is 11.0. The Morgan fingerprint density at radius 3 is 2.11 bits per heavy atom. The van der Waals surface area contributed by atoms with Gasteiger partial charge in [-0.05, 0) is 13.3 Å². The second-order valence-corrected chi connectivity index (χ2v) is 4.21. The van der Waals surface area contributed by atoms with Crippen molar-refractivity contribution in [2.75, 3.05) is 0 Å². The van der Waals surface area contributed by atoms with Crippen molar-refractivity contribution in [3.05, 3.63) is 50.1 Å². The van der Waals surface area contributed by atoms with Crippen molar-refractivity contribution in [2.24, 2.45) is 0 Å². The molecule has 0 radical (unpaired) electrons. The van der Waals surface area contributed by atoms with Gasteiger partial charge in [0.05, 0.1) is 6.10 Å². The number of carbonyl (C=O) groups excluding carboxylic acids is 1. The fourth-order valence-electron chi connectivity index (χ4n) is 1.60. The maximum atomic E-state index is 11.9. The predicted octanol–water partition coefficient (Wildman–Crippen LogP) is 2.93. The topological polar surface area (TPSA) is 46.5 Å². The quantitative estimate of drug-likeness (QED) is 0.389. The third-order valence-corrected chi connectivity index (χ3v) is 2.72. The summed E-state index contributed by atoms with van der Waals surface area (Å²) in [5.41, 5.74) is -0.715. The minimum Gasteiger partial charge on any atom is -0.452 e. The SMILES string of the molecule is C=CCC(=C)C(=O)OC(CC=C)(CC=C)C(C)O. The van der Waals surface area contributed by atoms with Crippen molar-refractivity contribution in [3.8, 4) is 0 Å². The molecule has 0 rings (SSSR count). The maximum absolute atomic E-state index is 11.9. The molecule has 0 bridgehead atoms. The molecule has 0 spiro atoms. The molecule has 1 unspecified atom stereocenters. The molecule has 1 N–H and O–H groups in total. The summed E-state index contributed by atoms with van der Waals surface area (Å²) in [4.78, 5) is 11.9. The van der Waals surface area contributed by atoms with Crippen LogP contribution in [0.4, 0.5) is 0 Å². The minimum absolute atomic E-state index is 0.308. The molecule has 3 nitrogen and oxygen atoms in total. The summed E-state index contributed by atoms with van der Waals surface area (Å²) >= 11 is 0. The Morgan fingerprint density at radius 1 is 1.28 bits per heavy atom. The van der Waals surface area contributed by atoms with Crippen LogP contribution >= 0.6 is 0 Å². The second kappa shape index (κ2) is 7.67. The highest BCUT2D eigenvalue weighted by atomic mass is 16.6. The van der Waals surface area contributed by atoms with Gasteiger partial charge in [0.1, 0.15) is 5.60 Å². The molecule has 0 saturated carbocycles. The van der Waals surface area contributed by atoms with Gasteiger partial charge in [-0.3, -0.25) is 0 Å². The van der Waals surface area contributed by atoms with Crippen LogP contribution < -0.4 is 0 Å². The van der Waals surface area contributed by atoms with Crippen LogP contribution in [0.5, 0.6) is 0 Å². The van der Waals surface area contributed by atoms with Gasteiger partial charge in [0.2, 0.25) is 0 Å². The van der Waals surface area contributed by atoms with Crippen molar-refractivity contribution < 1.29 is 14.6 Å². The lowest BCUT2D eigenvalue weighted by molar-refractivity contribution is -0.166. The van der Waals surface area contributed by atoms with Gasteiger partial charge in [-0.15, -0.1) is 19.7 Å². The van der Waals surface area contributed by atoms with Crippen LogP contribution in [0.25, 0.3) is 0 Å². The number of aliphatic hydroxyl groups excluding tert-OH is 1. The Morgan fingerprint density at radius 2 is 1.78 bits per heavy atom. The van der Waals surface area contributed by atoms with Gasteiger partial charge in [0, 0.05) is 18.4 Å². The Balaban J connectivity index is 5.02. The number of esters is 1. The molecule has 0 amide bonds. The van der Waals surface area contributed by atoms with Crippen molar-refractivity contribution in [2.45, 2.75) is 37.9 Å². The number of rotatable bonds is 9. The average molecular weight is 250 g/mol. The number of allylic oxidation sites excluding steroid dienone is 1. The molecule has 0 aromatic heterocycles. The van der Waals surface area contributed by atoms with Crippen LogP contribution in [0.15, 0.2) is 50.1 Å². The van der Waals surface area contributed by atoms with Crippen molar-refractivity contribution >= 4 is 5.97 Å². The highest BCUT2D eigenvalue weighted by Crippen LogP contribution is 2.28. The molecule has 0 saturated heterocycles. The van der Waals surface area contributed by atoms with Gasteiger partial charge in [-0.1, -0.05) is 24.8 Å². The van der Waals surface area contributed by atoms with Crippen LogP contribution in [0.1, 0.15) is 26.2 Å². The summed E-state index contributed by atoms with van der Waals surface area (Å²) in [6.07, 6.45) is 5.03. The lowest BCUT2D eigenvalue weighted by atomic mass is 9.89. The highest BCUT2D eigenvalue weighted by Gasteiger charge is 2.37. The molecule has 0 aromatic rings.